The average Bonchev–Trinajstić information content (AvgIpc) is 3.17. The first-order chi connectivity index (χ1) is 12.2. The molecule has 25 heavy (non-hydrogen) atoms. The first-order valence-electron chi connectivity index (χ1n) is 7.72. The van der Waals surface area contributed by atoms with Gasteiger partial charge in [0, 0.05) is 22.7 Å². The zero-order chi connectivity index (χ0) is 17.2. The summed E-state index contributed by atoms with van der Waals surface area (Å²) >= 11 is 0.903. The second kappa shape index (κ2) is 6.49. The number of fused-ring (bicyclic) bond motifs is 1. The molecule has 2 aromatic carbocycles. The maximum atomic E-state index is 11.8. The minimum atomic E-state index is -0.368. The number of hydrogen-bond donors (Lipinski definition) is 2. The normalized spacial score (nSPS) is 15.8. The molecule has 0 atom stereocenters. The van der Waals surface area contributed by atoms with Gasteiger partial charge in [0.2, 0.25) is 0 Å². The summed E-state index contributed by atoms with van der Waals surface area (Å²) in [5.74, 6) is 0.358. The van der Waals surface area contributed by atoms with E-state index in [2.05, 4.69) is 10.3 Å². The highest BCUT2D eigenvalue weighted by molar-refractivity contribution is 8.18. The maximum absolute atomic E-state index is 11.8. The number of amides is 2. The number of H-pyrrole nitrogens is 1. The lowest BCUT2D eigenvalue weighted by Gasteiger charge is -2.08. The molecule has 2 amide bonds. The van der Waals surface area contributed by atoms with Crippen molar-refractivity contribution in [2.75, 3.05) is 0 Å². The Labute approximate surface area is 148 Å². The van der Waals surface area contributed by atoms with Crippen LogP contribution < -0.4 is 10.1 Å². The summed E-state index contributed by atoms with van der Waals surface area (Å²) in [6.45, 7) is 0.453. The van der Waals surface area contributed by atoms with Crippen LogP contribution in [-0.2, 0) is 11.4 Å². The van der Waals surface area contributed by atoms with Crippen LogP contribution in [-0.4, -0.2) is 16.1 Å². The van der Waals surface area contributed by atoms with E-state index in [4.69, 9.17) is 4.74 Å². The van der Waals surface area contributed by atoms with Gasteiger partial charge in [-0.3, -0.25) is 14.9 Å². The number of imide groups is 1. The summed E-state index contributed by atoms with van der Waals surface area (Å²) in [5.41, 5.74) is 2.80. The van der Waals surface area contributed by atoms with E-state index in [0.29, 0.717) is 11.5 Å². The van der Waals surface area contributed by atoms with Gasteiger partial charge in [-0.25, -0.2) is 0 Å². The number of hydrogen-bond acceptors (Lipinski definition) is 4. The molecule has 124 valence electrons. The zero-order valence-electron chi connectivity index (χ0n) is 13.1. The number of carbonyl (C=O) groups excluding carboxylic acids is 2. The summed E-state index contributed by atoms with van der Waals surface area (Å²) in [7, 11) is 0. The third-order valence-corrected chi connectivity index (χ3v) is 4.67. The maximum Gasteiger partial charge on any atom is 0.290 e. The van der Waals surface area contributed by atoms with Crippen molar-refractivity contribution in [3.8, 4) is 5.75 Å². The van der Waals surface area contributed by atoms with Gasteiger partial charge in [-0.15, -0.1) is 0 Å². The fourth-order valence-corrected chi connectivity index (χ4v) is 3.38. The molecular formula is C19H14N2O3S. The first kappa shape index (κ1) is 15.5. The van der Waals surface area contributed by atoms with Gasteiger partial charge in [0.1, 0.15) is 12.4 Å². The van der Waals surface area contributed by atoms with E-state index in [1.54, 1.807) is 6.08 Å². The largest absolute Gasteiger partial charge is 0.488 e. The molecule has 0 unspecified atom stereocenters. The number of thioether (sulfide) groups is 1. The van der Waals surface area contributed by atoms with E-state index in [1.807, 2.05) is 54.7 Å². The quantitative estimate of drug-likeness (QED) is 0.696. The highest BCUT2D eigenvalue weighted by Crippen LogP contribution is 2.33. The van der Waals surface area contributed by atoms with Gasteiger partial charge in [-0.2, -0.15) is 0 Å². The lowest BCUT2D eigenvalue weighted by atomic mass is 10.1. The molecule has 2 N–H and O–H groups in total. The number of carbonyl (C=O) groups is 2. The van der Waals surface area contributed by atoms with Gasteiger partial charge in [0.05, 0.1) is 4.91 Å². The Balaban J connectivity index is 1.68. The van der Waals surface area contributed by atoms with Gasteiger partial charge in [0.25, 0.3) is 11.1 Å². The van der Waals surface area contributed by atoms with Crippen LogP contribution in [0.5, 0.6) is 5.75 Å². The number of benzene rings is 2. The number of aromatic amines is 1. The van der Waals surface area contributed by atoms with Crippen LogP contribution in [0.1, 0.15) is 11.1 Å². The molecule has 1 aliphatic heterocycles. The van der Waals surface area contributed by atoms with Crippen LogP contribution in [0, 0.1) is 0 Å². The van der Waals surface area contributed by atoms with Crippen molar-refractivity contribution in [2.45, 2.75) is 6.61 Å². The lowest BCUT2D eigenvalue weighted by Crippen LogP contribution is -2.17. The van der Waals surface area contributed by atoms with Crippen LogP contribution in [0.4, 0.5) is 4.79 Å². The zero-order valence-corrected chi connectivity index (χ0v) is 13.9. The first-order valence-corrected chi connectivity index (χ1v) is 8.54. The molecule has 4 rings (SSSR count). The monoisotopic (exact) mass is 350 g/mol. The Kier molecular flexibility index (Phi) is 4.03. The van der Waals surface area contributed by atoms with Crippen molar-refractivity contribution < 1.29 is 14.3 Å². The standard InChI is InChI=1S/C19H14N2O3S/c22-18-16(25-19(23)21-18)9-13-10-20-14-7-4-8-15(17(13)14)24-11-12-5-2-1-3-6-12/h1-10,20H,11H2,(H,21,22,23). The van der Waals surface area contributed by atoms with Gasteiger partial charge in [-0.1, -0.05) is 36.4 Å². The van der Waals surface area contributed by atoms with Crippen molar-refractivity contribution in [2.24, 2.45) is 0 Å². The molecule has 0 aliphatic carbocycles. The fraction of sp³-hybridized carbons (Fsp3) is 0.0526. The molecule has 1 aromatic heterocycles. The molecule has 1 fully saturated rings. The highest BCUT2D eigenvalue weighted by Gasteiger charge is 2.25. The molecule has 3 aromatic rings. The Morgan fingerprint density at radius 3 is 2.64 bits per heavy atom. The molecular weight excluding hydrogens is 336 g/mol. The van der Waals surface area contributed by atoms with Crippen molar-refractivity contribution in [3.05, 3.63) is 70.8 Å². The minimum absolute atomic E-state index is 0.350. The van der Waals surface area contributed by atoms with Crippen LogP contribution in [0.25, 0.3) is 17.0 Å². The Bertz CT molecular complexity index is 992. The number of nitrogens with one attached hydrogen (secondary N) is 2. The molecule has 1 saturated heterocycles. The SMILES string of the molecule is O=C1NC(=O)C(=Cc2c[nH]c3cccc(OCc4ccccc4)c23)S1. The average molecular weight is 350 g/mol. The Morgan fingerprint density at radius 2 is 1.88 bits per heavy atom. The predicted molar refractivity (Wildman–Crippen MR) is 98.2 cm³/mol. The van der Waals surface area contributed by atoms with Crippen LogP contribution in [0.15, 0.2) is 59.6 Å². The van der Waals surface area contributed by atoms with Crippen molar-refractivity contribution in [1.29, 1.82) is 0 Å². The molecule has 0 saturated carbocycles. The molecule has 5 nitrogen and oxygen atoms in total. The summed E-state index contributed by atoms with van der Waals surface area (Å²) < 4.78 is 5.99. The summed E-state index contributed by atoms with van der Waals surface area (Å²) in [5, 5.41) is 2.80. The van der Waals surface area contributed by atoms with E-state index >= 15 is 0 Å². The van der Waals surface area contributed by atoms with E-state index in [1.165, 1.54) is 0 Å². The van der Waals surface area contributed by atoms with E-state index in [0.717, 1.165) is 39.5 Å². The van der Waals surface area contributed by atoms with Crippen molar-refractivity contribution >= 4 is 39.9 Å². The van der Waals surface area contributed by atoms with Gasteiger partial charge in [0.15, 0.2) is 0 Å². The molecule has 2 heterocycles. The summed E-state index contributed by atoms with van der Waals surface area (Å²) in [6, 6.07) is 15.7. The second-order valence-corrected chi connectivity index (χ2v) is 6.56. The molecule has 0 bridgehead atoms. The van der Waals surface area contributed by atoms with Crippen LogP contribution >= 0.6 is 11.8 Å². The molecule has 6 heteroatoms. The van der Waals surface area contributed by atoms with Crippen LogP contribution in [0.3, 0.4) is 0 Å². The number of ether oxygens (including phenoxy) is 1. The van der Waals surface area contributed by atoms with Gasteiger partial charge < -0.3 is 9.72 Å². The van der Waals surface area contributed by atoms with Crippen molar-refractivity contribution in [3.63, 3.8) is 0 Å². The lowest BCUT2D eigenvalue weighted by molar-refractivity contribution is -0.115. The number of rotatable bonds is 4. The van der Waals surface area contributed by atoms with Gasteiger partial charge >= 0.3 is 0 Å². The fourth-order valence-electron chi connectivity index (χ4n) is 2.71. The molecule has 0 spiro atoms. The van der Waals surface area contributed by atoms with Gasteiger partial charge in [-0.05, 0) is 35.5 Å². The summed E-state index contributed by atoms with van der Waals surface area (Å²) in [4.78, 5) is 26.7. The smallest absolute Gasteiger partial charge is 0.290 e. The van der Waals surface area contributed by atoms with E-state index < -0.39 is 0 Å². The second-order valence-electron chi connectivity index (χ2n) is 5.55. The third kappa shape index (κ3) is 3.16. The number of aromatic nitrogens is 1. The van der Waals surface area contributed by atoms with E-state index in [9.17, 15) is 9.59 Å². The third-order valence-electron chi connectivity index (χ3n) is 3.86. The summed E-state index contributed by atoms with van der Waals surface area (Å²) in [6.07, 6.45) is 3.52. The topological polar surface area (TPSA) is 71.2 Å². The Morgan fingerprint density at radius 1 is 1.04 bits per heavy atom. The van der Waals surface area contributed by atoms with Crippen molar-refractivity contribution in [1.82, 2.24) is 10.3 Å². The highest BCUT2D eigenvalue weighted by atomic mass is 32.2. The molecule has 1 aliphatic rings. The molecule has 0 radical (unpaired) electrons. The van der Waals surface area contributed by atoms with E-state index in [-0.39, 0.29) is 11.1 Å². The predicted octanol–water partition coefficient (Wildman–Crippen LogP) is 4.07. The Hall–Kier alpha value is -2.99. The van der Waals surface area contributed by atoms with Crippen LogP contribution in [0.2, 0.25) is 0 Å². The minimum Gasteiger partial charge on any atom is -0.488 e.